The molecule has 2 saturated carbocycles. The number of nitrogens with zero attached hydrogens (tertiary/aromatic N) is 4. The number of likely N-dealkylation sites (tertiary alicyclic amines) is 4. The fourth-order valence-corrected chi connectivity index (χ4v) is 9.00. The lowest BCUT2D eigenvalue weighted by atomic mass is 9.90. The van der Waals surface area contributed by atoms with Crippen LogP contribution in [0.1, 0.15) is 145 Å². The average Bonchev–Trinajstić information content (AvgIpc) is 3.72. The van der Waals surface area contributed by atoms with E-state index in [1.807, 2.05) is 46.4 Å². The highest BCUT2D eigenvalue weighted by atomic mass is 16.6. The first-order valence-electron chi connectivity index (χ1n) is 21.5. The minimum Gasteiger partial charge on any atom is -0.444 e. The van der Waals surface area contributed by atoms with E-state index in [-0.39, 0.29) is 47.6 Å². The Morgan fingerprint density at radius 1 is 0.673 bits per heavy atom. The summed E-state index contributed by atoms with van der Waals surface area (Å²) in [6.07, 6.45) is 13.3. The van der Waals surface area contributed by atoms with Crippen LogP contribution in [0.4, 0.5) is 9.59 Å². The molecule has 5 N–H and O–H groups in total. The van der Waals surface area contributed by atoms with Crippen LogP contribution in [-0.2, 0) is 14.3 Å². The quantitative estimate of drug-likeness (QED) is 0.303. The first-order valence-corrected chi connectivity index (χ1v) is 21.5. The SMILES string of the molecule is CC(C)(C)OC(=O)N1CCC(C)(N2CCC(=O)CC2)C1.CC(C)(C)OC(=O)N1CCC(C)(N2CCC(N[C@H]3CCCC[C@@H]3O)CC2)C1.N[C@H]1CCCC[C@@H]1O. The van der Waals surface area contributed by atoms with Gasteiger partial charge in [-0.25, -0.2) is 9.59 Å². The summed E-state index contributed by atoms with van der Waals surface area (Å²) in [5.41, 5.74) is 4.67. The van der Waals surface area contributed by atoms with Crippen LogP contribution in [0.5, 0.6) is 0 Å². The van der Waals surface area contributed by atoms with Crippen LogP contribution in [0.15, 0.2) is 0 Å². The summed E-state index contributed by atoms with van der Waals surface area (Å²) < 4.78 is 11.0. The number of carbonyl (C=O) groups is 3. The van der Waals surface area contributed by atoms with Gasteiger partial charge in [-0.1, -0.05) is 25.7 Å². The Hall–Kier alpha value is -2.03. The summed E-state index contributed by atoms with van der Waals surface area (Å²) in [7, 11) is 0. The number of ether oxygens (including phenoxy) is 2. The molecule has 0 aromatic heterocycles. The first kappa shape index (κ1) is 45.7. The third kappa shape index (κ3) is 14.1. The molecule has 6 aliphatic rings. The van der Waals surface area contributed by atoms with Crippen LogP contribution >= 0.6 is 0 Å². The molecule has 318 valence electrons. The van der Waals surface area contributed by atoms with Gasteiger partial charge in [0.1, 0.15) is 17.0 Å². The van der Waals surface area contributed by atoms with Crippen LogP contribution in [0, 0.1) is 0 Å². The van der Waals surface area contributed by atoms with Crippen LogP contribution < -0.4 is 11.1 Å². The Labute approximate surface area is 332 Å². The van der Waals surface area contributed by atoms with Gasteiger partial charge in [-0.2, -0.15) is 0 Å². The second kappa shape index (κ2) is 19.6. The average molecular weight is 779 g/mol. The Balaban J connectivity index is 0.000000209. The highest BCUT2D eigenvalue weighted by Gasteiger charge is 2.44. The second-order valence-corrected chi connectivity index (χ2v) is 19.7. The van der Waals surface area contributed by atoms with E-state index >= 15 is 0 Å². The summed E-state index contributed by atoms with van der Waals surface area (Å²) in [6.45, 7) is 22.6. The van der Waals surface area contributed by atoms with E-state index in [0.717, 1.165) is 110 Å². The number of ketones is 1. The van der Waals surface area contributed by atoms with Gasteiger partial charge in [0.2, 0.25) is 0 Å². The maximum Gasteiger partial charge on any atom is 0.410 e. The van der Waals surface area contributed by atoms with E-state index in [9.17, 15) is 19.5 Å². The molecular weight excluding hydrogens is 700 g/mol. The lowest BCUT2D eigenvalue weighted by Crippen LogP contribution is -2.56. The topological polar surface area (TPSA) is 161 Å². The minimum atomic E-state index is -0.451. The summed E-state index contributed by atoms with van der Waals surface area (Å²) in [5.74, 6) is 0.354. The van der Waals surface area contributed by atoms with Gasteiger partial charge in [-0.05, 0) is 107 Å². The monoisotopic (exact) mass is 779 g/mol. The van der Waals surface area contributed by atoms with Crippen molar-refractivity contribution in [3.63, 3.8) is 0 Å². The predicted octanol–water partition coefficient (Wildman–Crippen LogP) is 5.04. The molecule has 2 amide bonds. The van der Waals surface area contributed by atoms with E-state index in [2.05, 4.69) is 29.0 Å². The summed E-state index contributed by atoms with van der Waals surface area (Å²) in [4.78, 5) is 44.4. The van der Waals surface area contributed by atoms with Crippen molar-refractivity contribution in [3.05, 3.63) is 0 Å². The summed E-state index contributed by atoms with van der Waals surface area (Å²) >= 11 is 0. The van der Waals surface area contributed by atoms with Gasteiger partial charge in [-0.3, -0.25) is 14.6 Å². The molecule has 2 unspecified atom stereocenters. The Bertz CT molecular complexity index is 1230. The fraction of sp³-hybridized carbons (Fsp3) is 0.929. The molecular formula is C42H78N6O7. The van der Waals surface area contributed by atoms with Crippen LogP contribution in [0.25, 0.3) is 0 Å². The van der Waals surface area contributed by atoms with Crippen molar-refractivity contribution in [2.45, 2.75) is 198 Å². The number of nitrogens with two attached hydrogens (primary N) is 1. The molecule has 2 aliphatic carbocycles. The van der Waals surface area contributed by atoms with Crippen molar-refractivity contribution in [2.24, 2.45) is 5.73 Å². The van der Waals surface area contributed by atoms with Crippen LogP contribution in [0.2, 0.25) is 0 Å². The van der Waals surface area contributed by atoms with Gasteiger partial charge in [-0.15, -0.1) is 0 Å². The number of nitrogens with one attached hydrogen (secondary N) is 1. The maximum atomic E-state index is 12.4. The third-order valence-electron chi connectivity index (χ3n) is 12.5. The second-order valence-electron chi connectivity index (χ2n) is 19.7. The molecule has 0 bridgehead atoms. The first-order chi connectivity index (χ1) is 25.7. The van der Waals surface area contributed by atoms with E-state index in [0.29, 0.717) is 31.2 Å². The summed E-state index contributed by atoms with van der Waals surface area (Å²) in [6, 6.07) is 0.842. The van der Waals surface area contributed by atoms with Gasteiger partial charge in [0.25, 0.3) is 0 Å². The highest BCUT2D eigenvalue weighted by molar-refractivity contribution is 5.79. The molecule has 0 aromatic rings. The molecule has 0 aromatic carbocycles. The number of Topliss-reactive ketones (excluding diaryl/α,β-unsaturated/α-hetero) is 1. The van der Waals surface area contributed by atoms with Crippen molar-refractivity contribution in [1.82, 2.24) is 24.9 Å². The largest absolute Gasteiger partial charge is 0.444 e. The van der Waals surface area contributed by atoms with Crippen molar-refractivity contribution in [2.75, 3.05) is 52.4 Å². The molecule has 0 spiro atoms. The van der Waals surface area contributed by atoms with Crippen molar-refractivity contribution >= 4 is 18.0 Å². The third-order valence-corrected chi connectivity index (χ3v) is 12.5. The number of rotatable bonds is 4. The van der Waals surface area contributed by atoms with Crippen LogP contribution in [-0.4, -0.2) is 153 Å². The normalized spacial score (nSPS) is 33.0. The Kier molecular flexibility index (Phi) is 16.3. The zero-order valence-corrected chi connectivity index (χ0v) is 35.7. The lowest BCUT2D eigenvalue weighted by Gasteiger charge is -2.44. The van der Waals surface area contributed by atoms with Gasteiger partial charge < -0.3 is 40.5 Å². The molecule has 13 heteroatoms. The molecule has 4 saturated heterocycles. The fourth-order valence-electron chi connectivity index (χ4n) is 9.00. The zero-order chi connectivity index (χ0) is 40.6. The van der Waals surface area contributed by atoms with E-state index in [4.69, 9.17) is 20.3 Å². The highest BCUT2D eigenvalue weighted by Crippen LogP contribution is 2.33. The molecule has 4 heterocycles. The smallest absolute Gasteiger partial charge is 0.410 e. The predicted molar refractivity (Wildman–Crippen MR) is 216 cm³/mol. The number of hydrogen-bond acceptors (Lipinski definition) is 11. The van der Waals surface area contributed by atoms with Gasteiger partial charge in [0.05, 0.1) is 12.2 Å². The van der Waals surface area contributed by atoms with E-state index in [1.54, 1.807) is 4.90 Å². The number of hydrogen-bond donors (Lipinski definition) is 4. The van der Waals surface area contributed by atoms with Crippen molar-refractivity contribution in [3.8, 4) is 0 Å². The molecule has 4 aliphatic heterocycles. The number of aliphatic hydroxyl groups excluding tert-OH is 2. The molecule has 6 atom stereocenters. The minimum absolute atomic E-state index is 0.0163. The van der Waals surface area contributed by atoms with E-state index in [1.165, 1.54) is 12.8 Å². The zero-order valence-electron chi connectivity index (χ0n) is 35.7. The Morgan fingerprint density at radius 2 is 1.11 bits per heavy atom. The lowest BCUT2D eigenvalue weighted by molar-refractivity contribution is -0.122. The molecule has 6 fully saturated rings. The summed E-state index contributed by atoms with van der Waals surface area (Å²) in [5, 5.41) is 23.0. The van der Waals surface area contributed by atoms with Gasteiger partial charge >= 0.3 is 12.2 Å². The number of piperidine rings is 2. The van der Waals surface area contributed by atoms with Crippen LogP contribution in [0.3, 0.4) is 0 Å². The van der Waals surface area contributed by atoms with E-state index < -0.39 is 11.2 Å². The van der Waals surface area contributed by atoms with Gasteiger partial charge in [0.15, 0.2) is 0 Å². The molecule has 13 nitrogen and oxygen atoms in total. The van der Waals surface area contributed by atoms with Gasteiger partial charge in [0, 0.05) is 94.4 Å². The molecule has 6 rings (SSSR count). The Morgan fingerprint density at radius 3 is 1.53 bits per heavy atom. The maximum absolute atomic E-state index is 12.4. The molecule has 55 heavy (non-hydrogen) atoms. The van der Waals surface area contributed by atoms with Crippen molar-refractivity contribution in [1.29, 1.82) is 0 Å². The number of carbonyl (C=O) groups excluding carboxylic acids is 3. The van der Waals surface area contributed by atoms with Crippen molar-refractivity contribution < 1.29 is 34.1 Å². The molecule has 0 radical (unpaired) electrons. The standard InChI is InChI=1S/C21H39N3O3.C15H26N2O3.C6H13NO/c1-20(2,3)27-19(26)23-14-11-21(4,15-23)24-12-9-16(10-13-24)22-17-7-5-6-8-18(17)25;1-14(2,3)20-13(19)16-10-7-15(4,11-16)17-8-5-12(18)6-9-17;7-5-3-1-2-4-6(5)8/h16-18,22,25H,5-15H2,1-4H3;5-11H2,1-4H3;5-6,8H,1-4,7H2/t17-,18-,21?;;5-,6-/m0.0/s1. The number of amides is 2. The number of aliphatic hydroxyl groups is 2.